The van der Waals surface area contributed by atoms with Gasteiger partial charge >= 0.3 is 0 Å². The van der Waals surface area contributed by atoms with Crippen molar-refractivity contribution in [2.24, 2.45) is 0 Å². The van der Waals surface area contributed by atoms with Gasteiger partial charge in [0.25, 0.3) is 5.69 Å². The molecular formula is C11H8FN3O2S. The lowest BCUT2D eigenvalue weighted by Crippen LogP contribution is -1.91. The van der Waals surface area contributed by atoms with E-state index < -0.39 is 10.7 Å². The molecule has 18 heavy (non-hydrogen) atoms. The first-order valence-corrected chi connectivity index (χ1v) is 5.71. The van der Waals surface area contributed by atoms with Crippen LogP contribution in [-0.2, 0) is 0 Å². The number of aromatic nitrogens is 1. The molecule has 0 spiro atoms. The van der Waals surface area contributed by atoms with E-state index in [-0.39, 0.29) is 11.4 Å². The smallest absolute Gasteiger partial charge is 0.287 e. The highest BCUT2D eigenvalue weighted by Crippen LogP contribution is 2.28. The van der Waals surface area contributed by atoms with Crippen molar-refractivity contribution < 1.29 is 9.31 Å². The van der Waals surface area contributed by atoms with Crippen molar-refractivity contribution in [3.05, 3.63) is 52.5 Å². The van der Waals surface area contributed by atoms with E-state index in [1.165, 1.54) is 36.0 Å². The van der Waals surface area contributed by atoms with Gasteiger partial charge in [-0.3, -0.25) is 10.1 Å². The minimum Gasteiger partial charge on any atom is -0.396 e. The number of hydrogen-bond donors (Lipinski definition) is 1. The summed E-state index contributed by atoms with van der Waals surface area (Å²) in [6, 6.07) is 7.28. The molecular weight excluding hydrogens is 257 g/mol. The Hall–Kier alpha value is -2.15. The summed E-state index contributed by atoms with van der Waals surface area (Å²) in [5, 5.41) is 11.0. The van der Waals surface area contributed by atoms with E-state index in [9.17, 15) is 14.5 Å². The van der Waals surface area contributed by atoms with Gasteiger partial charge in [0.1, 0.15) is 17.0 Å². The number of nitrogens with two attached hydrogens (primary N) is 1. The Bertz CT molecular complexity index is 589. The second kappa shape index (κ2) is 5.01. The second-order valence-electron chi connectivity index (χ2n) is 3.40. The first-order chi connectivity index (χ1) is 8.56. The maximum atomic E-state index is 13.2. The molecule has 0 saturated carbocycles. The van der Waals surface area contributed by atoms with Crippen molar-refractivity contribution in [2.75, 3.05) is 5.73 Å². The largest absolute Gasteiger partial charge is 0.396 e. The molecule has 0 aliphatic rings. The summed E-state index contributed by atoms with van der Waals surface area (Å²) >= 11 is 1.20. The summed E-state index contributed by atoms with van der Waals surface area (Å²) in [7, 11) is 0. The Balaban J connectivity index is 2.18. The van der Waals surface area contributed by atoms with Crippen LogP contribution in [-0.4, -0.2) is 9.91 Å². The SMILES string of the molecule is Nc1ccc(Sc2ccc([N+](=O)[O-])cn2)cc1F. The van der Waals surface area contributed by atoms with Crippen LogP contribution in [0.2, 0.25) is 0 Å². The van der Waals surface area contributed by atoms with Crippen molar-refractivity contribution >= 4 is 23.1 Å². The fourth-order valence-corrected chi connectivity index (χ4v) is 2.01. The Morgan fingerprint density at radius 1 is 1.33 bits per heavy atom. The van der Waals surface area contributed by atoms with Crippen LogP contribution in [0, 0.1) is 15.9 Å². The Morgan fingerprint density at radius 2 is 2.11 bits per heavy atom. The highest BCUT2D eigenvalue weighted by molar-refractivity contribution is 7.99. The van der Waals surface area contributed by atoms with Gasteiger partial charge in [0, 0.05) is 11.0 Å². The van der Waals surface area contributed by atoms with Crippen LogP contribution in [0.1, 0.15) is 0 Å². The van der Waals surface area contributed by atoms with E-state index in [4.69, 9.17) is 5.73 Å². The normalized spacial score (nSPS) is 10.3. The summed E-state index contributed by atoms with van der Waals surface area (Å²) in [6.45, 7) is 0. The number of anilines is 1. The van der Waals surface area contributed by atoms with Gasteiger partial charge in [-0.15, -0.1) is 0 Å². The number of nitrogens with zero attached hydrogens (tertiary/aromatic N) is 2. The molecule has 5 nitrogen and oxygen atoms in total. The van der Waals surface area contributed by atoms with Crippen LogP contribution in [0.4, 0.5) is 15.8 Å². The molecule has 2 N–H and O–H groups in total. The van der Waals surface area contributed by atoms with Crippen molar-refractivity contribution in [1.82, 2.24) is 4.98 Å². The number of pyridine rings is 1. The van der Waals surface area contributed by atoms with Crippen molar-refractivity contribution in [3.63, 3.8) is 0 Å². The monoisotopic (exact) mass is 265 g/mol. The molecule has 0 amide bonds. The molecule has 1 aromatic carbocycles. The number of halogens is 1. The highest BCUT2D eigenvalue weighted by Gasteiger charge is 2.07. The molecule has 0 fully saturated rings. The van der Waals surface area contributed by atoms with E-state index in [2.05, 4.69) is 4.98 Å². The number of nitrogen functional groups attached to an aromatic ring is 1. The zero-order valence-electron chi connectivity index (χ0n) is 9.04. The average molecular weight is 265 g/mol. The van der Waals surface area contributed by atoms with Crippen LogP contribution in [0.25, 0.3) is 0 Å². The van der Waals surface area contributed by atoms with Gasteiger partial charge < -0.3 is 5.73 Å². The minimum atomic E-state index is -0.523. The van der Waals surface area contributed by atoms with Crippen molar-refractivity contribution in [2.45, 2.75) is 9.92 Å². The number of hydrogen-bond acceptors (Lipinski definition) is 5. The van der Waals surface area contributed by atoms with Gasteiger partial charge in [0.15, 0.2) is 0 Å². The fraction of sp³-hybridized carbons (Fsp3) is 0. The molecule has 0 aliphatic carbocycles. The Morgan fingerprint density at radius 3 is 2.67 bits per heavy atom. The van der Waals surface area contributed by atoms with Gasteiger partial charge in [0.2, 0.25) is 0 Å². The molecule has 1 aromatic heterocycles. The van der Waals surface area contributed by atoms with Crippen LogP contribution < -0.4 is 5.73 Å². The maximum Gasteiger partial charge on any atom is 0.287 e. The van der Waals surface area contributed by atoms with Gasteiger partial charge in [-0.05, 0) is 24.3 Å². The second-order valence-corrected chi connectivity index (χ2v) is 4.49. The summed E-state index contributed by atoms with van der Waals surface area (Å²) in [5.74, 6) is -0.498. The first kappa shape index (κ1) is 12.3. The van der Waals surface area contributed by atoms with E-state index in [0.29, 0.717) is 9.92 Å². The first-order valence-electron chi connectivity index (χ1n) is 4.89. The molecule has 0 radical (unpaired) electrons. The molecule has 0 bridgehead atoms. The lowest BCUT2D eigenvalue weighted by atomic mass is 10.3. The van der Waals surface area contributed by atoms with Gasteiger partial charge in [-0.2, -0.15) is 0 Å². The summed E-state index contributed by atoms with van der Waals surface area (Å²) < 4.78 is 13.2. The van der Waals surface area contributed by atoms with Crippen molar-refractivity contribution in [3.8, 4) is 0 Å². The maximum absolute atomic E-state index is 13.2. The molecule has 2 rings (SSSR count). The molecule has 0 unspecified atom stereocenters. The third-order valence-corrected chi connectivity index (χ3v) is 3.07. The Labute approximate surface area is 106 Å². The van der Waals surface area contributed by atoms with E-state index in [0.717, 1.165) is 6.20 Å². The third-order valence-electron chi connectivity index (χ3n) is 2.13. The standard InChI is InChI=1S/C11H8FN3O2S/c12-9-5-8(2-3-10(9)13)18-11-4-1-7(6-14-11)15(16)17/h1-6H,13H2. The Kier molecular flexibility index (Phi) is 3.42. The van der Waals surface area contributed by atoms with Crippen LogP contribution >= 0.6 is 11.8 Å². The molecule has 0 aliphatic heterocycles. The zero-order valence-corrected chi connectivity index (χ0v) is 9.86. The fourth-order valence-electron chi connectivity index (χ4n) is 1.23. The average Bonchev–Trinajstić information content (AvgIpc) is 2.34. The van der Waals surface area contributed by atoms with Gasteiger partial charge in [-0.25, -0.2) is 9.37 Å². The van der Waals surface area contributed by atoms with E-state index in [1.807, 2.05) is 0 Å². The summed E-state index contributed by atoms with van der Waals surface area (Å²) in [4.78, 5) is 14.5. The number of rotatable bonds is 3. The van der Waals surface area contributed by atoms with E-state index in [1.54, 1.807) is 6.07 Å². The predicted molar refractivity (Wildman–Crippen MR) is 65.8 cm³/mol. The molecule has 0 saturated heterocycles. The summed E-state index contributed by atoms with van der Waals surface area (Å²) in [5.41, 5.74) is 5.36. The number of nitro groups is 1. The van der Waals surface area contributed by atoms with Crippen LogP contribution in [0.5, 0.6) is 0 Å². The molecule has 92 valence electrons. The lowest BCUT2D eigenvalue weighted by Gasteiger charge is -2.02. The topological polar surface area (TPSA) is 82.0 Å². The zero-order chi connectivity index (χ0) is 13.1. The highest BCUT2D eigenvalue weighted by atomic mass is 32.2. The molecule has 1 heterocycles. The lowest BCUT2D eigenvalue weighted by molar-refractivity contribution is -0.385. The van der Waals surface area contributed by atoms with Crippen molar-refractivity contribution in [1.29, 1.82) is 0 Å². The minimum absolute atomic E-state index is 0.0796. The summed E-state index contributed by atoms with van der Waals surface area (Å²) in [6.07, 6.45) is 1.16. The quantitative estimate of drug-likeness (QED) is 0.524. The van der Waals surface area contributed by atoms with Gasteiger partial charge in [-0.1, -0.05) is 11.8 Å². The molecule has 2 aromatic rings. The van der Waals surface area contributed by atoms with E-state index >= 15 is 0 Å². The van der Waals surface area contributed by atoms with Gasteiger partial charge in [0.05, 0.1) is 10.6 Å². The number of benzene rings is 1. The van der Waals surface area contributed by atoms with Crippen LogP contribution in [0.3, 0.4) is 0 Å². The molecule has 0 atom stereocenters. The molecule has 7 heteroatoms. The predicted octanol–water partition coefficient (Wildman–Crippen LogP) is 2.86. The van der Waals surface area contributed by atoms with Crippen LogP contribution in [0.15, 0.2) is 46.5 Å². The third kappa shape index (κ3) is 2.75.